The Morgan fingerprint density at radius 1 is 1.00 bits per heavy atom. The lowest BCUT2D eigenvalue weighted by Crippen LogP contribution is -1.67. The first-order chi connectivity index (χ1) is 5.36. The molecule has 0 fully saturated rings. The van der Waals surface area contributed by atoms with Crippen LogP contribution in [0.15, 0.2) is 18.2 Å². The van der Waals surface area contributed by atoms with E-state index < -0.39 is 0 Å². The molecule has 11 heavy (non-hydrogen) atoms. The van der Waals surface area contributed by atoms with Gasteiger partial charge in [-0.1, -0.05) is 26.7 Å². The minimum atomic E-state index is 1.35. The molecule has 1 aromatic heterocycles. The average Bonchev–Trinajstić information content (AvgIpc) is 2.04. The van der Waals surface area contributed by atoms with E-state index in [0.29, 0.717) is 0 Å². The number of hydrogen-bond acceptors (Lipinski definition) is 4. The van der Waals surface area contributed by atoms with Crippen LogP contribution in [-0.2, 0) is 0 Å². The van der Waals surface area contributed by atoms with E-state index in [4.69, 9.17) is 0 Å². The second kappa shape index (κ2) is 3.23. The molecule has 0 saturated heterocycles. The molecule has 0 aliphatic heterocycles. The number of hydrogen-bond donors (Lipinski definition) is 0. The molecule has 0 spiro atoms. The smallest absolute Gasteiger partial charge is 0.0568 e. The van der Waals surface area contributed by atoms with E-state index in [9.17, 15) is 0 Å². The zero-order valence-electron chi connectivity index (χ0n) is 5.87. The minimum Gasteiger partial charge on any atom is -0.0676 e. The van der Waals surface area contributed by atoms with E-state index >= 15 is 0 Å². The van der Waals surface area contributed by atoms with E-state index in [2.05, 4.69) is 25.1 Å². The van der Waals surface area contributed by atoms with Gasteiger partial charge in [0.05, 0.1) is 9.40 Å². The van der Waals surface area contributed by atoms with Crippen LogP contribution >= 0.6 is 39.4 Å². The normalized spacial score (nSPS) is 10.3. The fourth-order valence-corrected chi connectivity index (χ4v) is 7.04. The fraction of sp³-hybridized carbons (Fsp3) is 0.143. The zero-order valence-corrected chi connectivity index (χ0v) is 9.13. The topological polar surface area (TPSA) is 0 Å². The molecule has 58 valence electrons. The first-order valence-electron chi connectivity index (χ1n) is 3.15. The Kier molecular flexibility index (Phi) is 2.27. The van der Waals surface area contributed by atoms with Crippen molar-refractivity contribution in [3.63, 3.8) is 0 Å². The van der Waals surface area contributed by atoms with E-state index in [1.807, 2.05) is 39.4 Å². The maximum atomic E-state index is 2.25. The van der Waals surface area contributed by atoms with Crippen LogP contribution in [0.3, 0.4) is 0 Å². The molecule has 2 aromatic rings. The molecule has 1 aromatic carbocycles. The molecular weight excluding hydrogens is 212 g/mol. The van der Waals surface area contributed by atoms with Crippen molar-refractivity contribution in [1.82, 2.24) is 0 Å². The summed E-state index contributed by atoms with van der Waals surface area (Å²) in [6.45, 7) is 2.14. The lowest BCUT2D eigenvalue weighted by Gasteiger charge is -1.93. The van der Waals surface area contributed by atoms with Crippen molar-refractivity contribution in [3.05, 3.63) is 23.8 Å². The van der Waals surface area contributed by atoms with Gasteiger partial charge in [-0.2, -0.15) is 0 Å². The third-order valence-electron chi connectivity index (χ3n) is 1.37. The highest BCUT2D eigenvalue weighted by atomic mass is 33.4. The third-order valence-corrected chi connectivity index (χ3v) is 7.63. The lowest BCUT2D eigenvalue weighted by atomic mass is 10.2. The van der Waals surface area contributed by atoms with Gasteiger partial charge >= 0.3 is 0 Å². The molecule has 0 radical (unpaired) electrons. The van der Waals surface area contributed by atoms with Crippen LogP contribution in [0.25, 0.3) is 9.40 Å². The van der Waals surface area contributed by atoms with Crippen LogP contribution in [0.5, 0.6) is 0 Å². The molecule has 2 rings (SSSR count). The molecule has 1 heterocycles. The van der Waals surface area contributed by atoms with Crippen LogP contribution in [0.2, 0.25) is 0 Å². The summed E-state index contributed by atoms with van der Waals surface area (Å²) < 4.78 is 2.82. The van der Waals surface area contributed by atoms with Crippen molar-refractivity contribution in [1.29, 1.82) is 0 Å². The molecule has 0 amide bonds. The Bertz CT molecular complexity index is 385. The van der Waals surface area contributed by atoms with Gasteiger partial charge in [0.2, 0.25) is 0 Å². The van der Waals surface area contributed by atoms with Gasteiger partial charge in [-0.25, -0.2) is 0 Å². The monoisotopic (exact) mass is 218 g/mol. The van der Waals surface area contributed by atoms with Gasteiger partial charge in [-0.15, -0.1) is 0 Å². The van der Waals surface area contributed by atoms with Crippen molar-refractivity contribution in [3.8, 4) is 0 Å². The molecular formula is C7H6S4. The minimum absolute atomic E-state index is 1.35. The van der Waals surface area contributed by atoms with Crippen molar-refractivity contribution in [2.45, 2.75) is 6.92 Å². The Hall–Kier alpha value is 0.100. The number of rotatable bonds is 0. The van der Waals surface area contributed by atoms with Crippen LogP contribution in [0, 0.1) is 6.92 Å². The largest absolute Gasteiger partial charge is 0.0676 e. The van der Waals surface area contributed by atoms with Gasteiger partial charge < -0.3 is 0 Å². The molecule has 0 bridgehead atoms. The predicted octanol–water partition coefficient (Wildman–Crippen LogP) is 4.52. The summed E-state index contributed by atoms with van der Waals surface area (Å²) >= 11 is 0. The highest BCUT2D eigenvalue weighted by Gasteiger charge is 1.92. The second-order valence-electron chi connectivity index (χ2n) is 2.25. The molecule has 0 unspecified atom stereocenters. The van der Waals surface area contributed by atoms with E-state index in [-0.39, 0.29) is 0 Å². The highest BCUT2D eigenvalue weighted by molar-refractivity contribution is 8.09. The first kappa shape index (κ1) is 7.73. The molecule has 0 N–H and O–H groups in total. The van der Waals surface area contributed by atoms with Gasteiger partial charge in [0.15, 0.2) is 0 Å². The summed E-state index contributed by atoms with van der Waals surface area (Å²) in [5, 5.41) is 0. The third kappa shape index (κ3) is 1.64. The number of benzene rings is 1. The lowest BCUT2D eigenvalue weighted by molar-refractivity contribution is 1.52. The Balaban J connectivity index is 2.83. The van der Waals surface area contributed by atoms with Crippen molar-refractivity contribution >= 4 is 48.8 Å². The summed E-state index contributed by atoms with van der Waals surface area (Å²) in [5.74, 6) is 0. The molecule has 0 aliphatic rings. The summed E-state index contributed by atoms with van der Waals surface area (Å²) in [6, 6.07) is 6.62. The highest BCUT2D eigenvalue weighted by Crippen LogP contribution is 2.30. The first-order valence-corrected chi connectivity index (χ1v) is 7.96. The molecule has 0 saturated carbocycles. The summed E-state index contributed by atoms with van der Waals surface area (Å²) in [7, 11) is 7.40. The summed E-state index contributed by atoms with van der Waals surface area (Å²) in [6.07, 6.45) is 0. The maximum Gasteiger partial charge on any atom is 0.0568 e. The summed E-state index contributed by atoms with van der Waals surface area (Å²) in [5.41, 5.74) is 1.35. The SMILES string of the molecule is Cc1ccc2ssssc2c1. The predicted molar refractivity (Wildman–Crippen MR) is 57.8 cm³/mol. The molecule has 0 aliphatic carbocycles. The van der Waals surface area contributed by atoms with Gasteiger partial charge in [0.25, 0.3) is 0 Å². The van der Waals surface area contributed by atoms with E-state index in [1.54, 1.807) is 0 Å². The number of fused-ring (bicyclic) bond motifs is 1. The Morgan fingerprint density at radius 3 is 2.55 bits per heavy atom. The summed E-state index contributed by atoms with van der Waals surface area (Å²) in [4.78, 5) is 0. The van der Waals surface area contributed by atoms with Crippen molar-refractivity contribution in [2.24, 2.45) is 0 Å². The van der Waals surface area contributed by atoms with Gasteiger partial charge in [-0.3, -0.25) is 0 Å². The standard InChI is InChI=1S/C7H6S4/c1-5-2-3-6-7(4-5)9-11-10-8-6/h2-4H,1H3. The van der Waals surface area contributed by atoms with Crippen molar-refractivity contribution in [2.75, 3.05) is 0 Å². The van der Waals surface area contributed by atoms with Gasteiger partial charge in [0, 0.05) is 0 Å². The molecule has 4 heteroatoms. The van der Waals surface area contributed by atoms with Crippen LogP contribution in [0.1, 0.15) is 5.56 Å². The Morgan fingerprint density at radius 2 is 1.73 bits per heavy atom. The quantitative estimate of drug-likeness (QED) is 0.570. The second-order valence-corrected chi connectivity index (χ2v) is 8.00. The van der Waals surface area contributed by atoms with Crippen LogP contribution in [-0.4, -0.2) is 0 Å². The van der Waals surface area contributed by atoms with Crippen LogP contribution < -0.4 is 0 Å². The van der Waals surface area contributed by atoms with Gasteiger partial charge in [-0.05, 0) is 43.3 Å². The van der Waals surface area contributed by atoms with Crippen LogP contribution in [0.4, 0.5) is 0 Å². The van der Waals surface area contributed by atoms with E-state index in [0.717, 1.165) is 0 Å². The fourth-order valence-electron chi connectivity index (χ4n) is 0.850. The van der Waals surface area contributed by atoms with E-state index in [1.165, 1.54) is 15.0 Å². The van der Waals surface area contributed by atoms with Crippen molar-refractivity contribution < 1.29 is 0 Å². The molecule has 0 nitrogen and oxygen atoms in total. The number of aryl methyl sites for hydroxylation is 1. The molecule has 0 atom stereocenters. The average molecular weight is 218 g/mol. The maximum absolute atomic E-state index is 2.25. The Labute approximate surface area is 79.2 Å². The van der Waals surface area contributed by atoms with Gasteiger partial charge in [0.1, 0.15) is 0 Å². The zero-order chi connectivity index (χ0) is 7.68.